The highest BCUT2D eigenvalue weighted by Gasteiger charge is 2.11. The Balaban J connectivity index is 1.60. The van der Waals surface area contributed by atoms with Gasteiger partial charge in [-0.25, -0.2) is 14.1 Å². The maximum atomic E-state index is 12.9. The predicted molar refractivity (Wildman–Crippen MR) is 88.8 cm³/mol. The summed E-state index contributed by atoms with van der Waals surface area (Å²) >= 11 is 3.35. The third-order valence-electron chi connectivity index (χ3n) is 3.38. The lowest BCUT2D eigenvalue weighted by Crippen LogP contribution is -2.21. The van der Waals surface area contributed by atoms with Gasteiger partial charge < -0.3 is 0 Å². The lowest BCUT2D eigenvalue weighted by Gasteiger charge is -2.04. The van der Waals surface area contributed by atoms with Crippen LogP contribution in [0.15, 0.2) is 41.3 Å². The van der Waals surface area contributed by atoms with Crippen molar-refractivity contribution in [3.8, 4) is 0 Å². The number of aromatic nitrogens is 5. The number of nitrogens with zero attached hydrogens (tertiary/aromatic N) is 5. The van der Waals surface area contributed by atoms with Gasteiger partial charge in [-0.15, -0.1) is 5.10 Å². The Kier molecular flexibility index (Phi) is 4.70. The highest BCUT2D eigenvalue weighted by atomic mass is 79.9. The minimum Gasteiger partial charge on any atom is -0.292 e. The molecule has 0 atom stereocenters. The summed E-state index contributed by atoms with van der Waals surface area (Å²) in [7, 11) is 0. The van der Waals surface area contributed by atoms with Crippen molar-refractivity contribution in [1.29, 1.82) is 0 Å². The van der Waals surface area contributed by atoms with Crippen molar-refractivity contribution in [2.45, 2.75) is 20.0 Å². The van der Waals surface area contributed by atoms with Gasteiger partial charge in [-0.2, -0.15) is 5.10 Å². The van der Waals surface area contributed by atoms with Gasteiger partial charge in [0.15, 0.2) is 0 Å². The molecule has 2 aromatic heterocycles. The zero-order valence-electron chi connectivity index (χ0n) is 12.8. The number of benzene rings is 1. The fourth-order valence-electron chi connectivity index (χ4n) is 2.09. The first-order chi connectivity index (χ1) is 11.5. The number of carbonyl (C=O) groups is 1. The Labute approximate surface area is 145 Å². The van der Waals surface area contributed by atoms with Crippen molar-refractivity contribution in [3.63, 3.8) is 0 Å². The lowest BCUT2D eigenvalue weighted by atomic mass is 10.2. The van der Waals surface area contributed by atoms with Crippen molar-refractivity contribution in [1.82, 2.24) is 24.5 Å². The molecule has 0 aliphatic carbocycles. The van der Waals surface area contributed by atoms with Gasteiger partial charge in [-0.1, -0.05) is 12.1 Å². The Morgan fingerprint density at radius 2 is 2.08 bits per heavy atom. The van der Waals surface area contributed by atoms with Gasteiger partial charge in [0.1, 0.15) is 18.7 Å². The Hall–Kier alpha value is -2.55. The highest BCUT2D eigenvalue weighted by Crippen LogP contribution is 2.14. The largest absolute Gasteiger partial charge is 0.292 e. The van der Waals surface area contributed by atoms with Gasteiger partial charge in [0.05, 0.1) is 22.9 Å². The van der Waals surface area contributed by atoms with Crippen molar-refractivity contribution in [3.05, 3.63) is 58.3 Å². The van der Waals surface area contributed by atoms with Gasteiger partial charge in [-0.3, -0.25) is 14.8 Å². The smallest absolute Gasteiger partial charge is 0.248 e. The number of amides is 1. The molecule has 3 rings (SSSR count). The quantitative estimate of drug-likeness (QED) is 0.722. The minimum absolute atomic E-state index is 0.0733. The van der Waals surface area contributed by atoms with Gasteiger partial charge in [-0.05, 0) is 40.5 Å². The summed E-state index contributed by atoms with van der Waals surface area (Å²) in [6.07, 6.45) is 3.15. The van der Waals surface area contributed by atoms with Crippen molar-refractivity contribution >= 4 is 27.8 Å². The molecule has 0 saturated heterocycles. The van der Waals surface area contributed by atoms with E-state index < -0.39 is 0 Å². The van der Waals surface area contributed by atoms with E-state index in [0.29, 0.717) is 6.54 Å². The molecule has 0 aliphatic heterocycles. The van der Waals surface area contributed by atoms with E-state index in [-0.39, 0.29) is 24.2 Å². The van der Waals surface area contributed by atoms with Crippen LogP contribution < -0.4 is 5.32 Å². The van der Waals surface area contributed by atoms with Crippen LogP contribution >= 0.6 is 15.9 Å². The molecular formula is C15H14BrFN6O. The summed E-state index contributed by atoms with van der Waals surface area (Å²) in [5, 5.41) is 10.9. The minimum atomic E-state index is -0.286. The van der Waals surface area contributed by atoms with Crippen LogP contribution in [0.4, 0.5) is 10.3 Å². The molecule has 7 nitrogen and oxygen atoms in total. The number of halogens is 2. The molecule has 0 fully saturated rings. The van der Waals surface area contributed by atoms with Crippen LogP contribution in [0.3, 0.4) is 0 Å². The van der Waals surface area contributed by atoms with Crippen LogP contribution in [0.5, 0.6) is 0 Å². The normalized spacial score (nSPS) is 10.8. The molecule has 0 bridgehead atoms. The van der Waals surface area contributed by atoms with Crippen molar-refractivity contribution in [2.75, 3.05) is 5.32 Å². The number of anilines is 1. The molecule has 1 aromatic carbocycles. The molecule has 1 amide bonds. The molecule has 0 spiro atoms. The fourth-order valence-corrected chi connectivity index (χ4v) is 2.38. The average molecular weight is 393 g/mol. The van der Waals surface area contributed by atoms with Crippen LogP contribution in [0.2, 0.25) is 0 Å². The monoisotopic (exact) mass is 392 g/mol. The van der Waals surface area contributed by atoms with Crippen LogP contribution in [-0.2, 0) is 17.9 Å². The highest BCUT2D eigenvalue weighted by molar-refractivity contribution is 9.10. The third-order valence-corrected chi connectivity index (χ3v) is 4.16. The van der Waals surface area contributed by atoms with Crippen LogP contribution in [0.1, 0.15) is 11.3 Å². The van der Waals surface area contributed by atoms with E-state index in [1.807, 2.05) is 6.92 Å². The number of nitrogens with one attached hydrogen (secondary N) is 1. The first-order valence-corrected chi connectivity index (χ1v) is 7.92. The molecule has 1 N–H and O–H groups in total. The van der Waals surface area contributed by atoms with E-state index in [1.54, 1.807) is 27.7 Å². The standard InChI is InChI=1S/C15H14BrFN6O/c1-10-13(16)6-19-23(10)8-14(24)20-15-18-9-22(21-15)7-11-2-4-12(17)5-3-11/h2-6,9H,7-8H2,1H3,(H,20,21,24). The molecule has 0 unspecified atom stereocenters. The van der Waals surface area contributed by atoms with Crippen molar-refractivity contribution in [2.24, 2.45) is 0 Å². The van der Waals surface area contributed by atoms with Crippen LogP contribution in [0.25, 0.3) is 0 Å². The predicted octanol–water partition coefficient (Wildman–Crippen LogP) is 2.37. The van der Waals surface area contributed by atoms with Crippen molar-refractivity contribution < 1.29 is 9.18 Å². The van der Waals surface area contributed by atoms with Gasteiger partial charge in [0.2, 0.25) is 11.9 Å². The molecule has 3 aromatic rings. The summed E-state index contributed by atoms with van der Waals surface area (Å²) in [6.45, 7) is 2.37. The molecule has 124 valence electrons. The number of carbonyl (C=O) groups excluding carboxylic acids is 1. The fraction of sp³-hybridized carbons (Fsp3) is 0.200. The maximum Gasteiger partial charge on any atom is 0.248 e. The second-order valence-electron chi connectivity index (χ2n) is 5.18. The Bertz CT molecular complexity index is 857. The summed E-state index contributed by atoms with van der Waals surface area (Å²) in [4.78, 5) is 16.1. The summed E-state index contributed by atoms with van der Waals surface area (Å²) < 4.78 is 16.9. The lowest BCUT2D eigenvalue weighted by molar-refractivity contribution is -0.117. The molecular weight excluding hydrogens is 379 g/mol. The van der Waals surface area contributed by atoms with Crippen LogP contribution in [0, 0.1) is 12.7 Å². The zero-order valence-corrected chi connectivity index (χ0v) is 14.4. The summed E-state index contributed by atoms with van der Waals surface area (Å²) in [6, 6.07) is 6.13. The molecule has 0 radical (unpaired) electrons. The number of hydrogen-bond donors (Lipinski definition) is 1. The second kappa shape index (κ2) is 6.91. The van der Waals surface area contributed by atoms with Gasteiger partial charge >= 0.3 is 0 Å². The first kappa shape index (κ1) is 16.3. The van der Waals surface area contributed by atoms with E-state index in [1.165, 1.54) is 18.5 Å². The molecule has 0 aliphatic rings. The Morgan fingerprint density at radius 1 is 1.33 bits per heavy atom. The average Bonchev–Trinajstić information content (AvgIpc) is 3.11. The summed E-state index contributed by atoms with van der Waals surface area (Å²) in [5.41, 5.74) is 1.75. The van der Waals surface area contributed by atoms with E-state index in [0.717, 1.165) is 15.7 Å². The van der Waals surface area contributed by atoms with E-state index in [9.17, 15) is 9.18 Å². The first-order valence-electron chi connectivity index (χ1n) is 7.13. The topological polar surface area (TPSA) is 77.6 Å². The molecule has 9 heteroatoms. The molecule has 0 saturated carbocycles. The Morgan fingerprint density at radius 3 is 2.75 bits per heavy atom. The SMILES string of the molecule is Cc1c(Br)cnn1CC(=O)Nc1ncn(Cc2ccc(F)cc2)n1. The van der Waals surface area contributed by atoms with E-state index >= 15 is 0 Å². The zero-order chi connectivity index (χ0) is 17.1. The number of rotatable bonds is 5. The van der Waals surface area contributed by atoms with E-state index in [2.05, 4.69) is 36.4 Å². The summed E-state index contributed by atoms with van der Waals surface area (Å²) in [5.74, 6) is -0.343. The number of hydrogen-bond acceptors (Lipinski definition) is 4. The van der Waals surface area contributed by atoms with Gasteiger partial charge in [0, 0.05) is 0 Å². The van der Waals surface area contributed by atoms with E-state index in [4.69, 9.17) is 0 Å². The second-order valence-corrected chi connectivity index (χ2v) is 6.03. The third kappa shape index (κ3) is 3.85. The van der Waals surface area contributed by atoms with Crippen LogP contribution in [-0.4, -0.2) is 30.5 Å². The molecule has 24 heavy (non-hydrogen) atoms. The van der Waals surface area contributed by atoms with Gasteiger partial charge in [0.25, 0.3) is 0 Å². The molecule has 2 heterocycles. The maximum absolute atomic E-state index is 12.9.